The average Bonchev–Trinajstić information content (AvgIpc) is 2.60. The molecule has 1 amide bonds. The fraction of sp³-hybridized carbons (Fsp3) is 0.167. The zero-order valence-corrected chi connectivity index (χ0v) is 15.1. The molecular weight excluding hydrogens is 360 g/mol. The molecule has 0 aliphatic carbocycles. The maximum absolute atomic E-state index is 12.3. The fourth-order valence-corrected chi connectivity index (χ4v) is 3.28. The van der Waals surface area contributed by atoms with E-state index in [-0.39, 0.29) is 23.4 Å². The van der Waals surface area contributed by atoms with Crippen molar-refractivity contribution in [1.29, 1.82) is 0 Å². The molecular formula is C18H17ClN2O3S. The number of carbonyl (C=O) groups excluding carboxylic acids is 1. The molecule has 2 rings (SSSR count). The molecule has 0 radical (unpaired) electrons. The first kappa shape index (κ1) is 19.0. The number of carbonyl (C=O) groups is 1. The van der Waals surface area contributed by atoms with Crippen molar-refractivity contribution in [2.24, 2.45) is 0 Å². The molecule has 7 heteroatoms. The van der Waals surface area contributed by atoms with Crippen LogP contribution in [0, 0.1) is 12.3 Å². The Morgan fingerprint density at radius 1 is 1.24 bits per heavy atom. The number of amides is 1. The third kappa shape index (κ3) is 5.07. The lowest BCUT2D eigenvalue weighted by molar-refractivity contribution is 0.0940. The average molecular weight is 377 g/mol. The van der Waals surface area contributed by atoms with Gasteiger partial charge in [0.05, 0.1) is 17.5 Å². The summed E-state index contributed by atoms with van der Waals surface area (Å²) in [6, 6.07) is 12.6. The Labute approximate surface area is 152 Å². The SMILES string of the molecule is C#CCNS(=O)(=O)c1ccc(C(=O)N[C@H](C)c2cccc(Cl)c2)cc1. The zero-order valence-electron chi connectivity index (χ0n) is 13.5. The van der Waals surface area contributed by atoms with Crippen LogP contribution >= 0.6 is 11.6 Å². The Balaban J connectivity index is 2.09. The number of hydrogen-bond donors (Lipinski definition) is 2. The van der Waals surface area contributed by atoms with E-state index in [9.17, 15) is 13.2 Å². The summed E-state index contributed by atoms with van der Waals surface area (Å²) in [4.78, 5) is 12.4. The number of halogens is 1. The lowest BCUT2D eigenvalue weighted by atomic mass is 10.1. The molecule has 5 nitrogen and oxygen atoms in total. The highest BCUT2D eigenvalue weighted by molar-refractivity contribution is 7.89. The van der Waals surface area contributed by atoms with E-state index in [1.165, 1.54) is 24.3 Å². The van der Waals surface area contributed by atoms with Gasteiger partial charge in [-0.2, -0.15) is 4.72 Å². The standard InChI is InChI=1S/C18H17ClN2O3S/c1-3-11-20-25(23,24)17-9-7-14(8-10-17)18(22)21-13(2)15-5-4-6-16(19)12-15/h1,4-10,12-13,20H,11H2,2H3,(H,21,22)/t13-/m1/s1. The molecule has 2 N–H and O–H groups in total. The van der Waals surface area contributed by atoms with Crippen LogP contribution < -0.4 is 10.0 Å². The van der Waals surface area contributed by atoms with Gasteiger partial charge in [0.1, 0.15) is 0 Å². The van der Waals surface area contributed by atoms with Crippen molar-refractivity contribution in [2.45, 2.75) is 17.9 Å². The molecule has 0 heterocycles. The highest BCUT2D eigenvalue weighted by atomic mass is 35.5. The summed E-state index contributed by atoms with van der Waals surface area (Å²) in [7, 11) is -3.67. The van der Waals surface area contributed by atoms with E-state index in [0.29, 0.717) is 10.6 Å². The lowest BCUT2D eigenvalue weighted by Gasteiger charge is -2.15. The van der Waals surface area contributed by atoms with Gasteiger partial charge in [0.15, 0.2) is 0 Å². The monoisotopic (exact) mass is 376 g/mol. The molecule has 2 aromatic carbocycles. The fourth-order valence-electron chi connectivity index (χ4n) is 2.14. The van der Waals surface area contributed by atoms with Gasteiger partial charge in [-0.15, -0.1) is 6.42 Å². The number of terminal acetylenes is 1. The Bertz CT molecular complexity index is 903. The normalized spacial score (nSPS) is 12.2. The first-order chi connectivity index (χ1) is 11.8. The van der Waals surface area contributed by atoms with E-state index in [4.69, 9.17) is 18.0 Å². The van der Waals surface area contributed by atoms with E-state index >= 15 is 0 Å². The molecule has 0 unspecified atom stereocenters. The van der Waals surface area contributed by atoms with Crippen molar-refractivity contribution >= 4 is 27.5 Å². The van der Waals surface area contributed by atoms with Crippen molar-refractivity contribution in [3.63, 3.8) is 0 Å². The van der Waals surface area contributed by atoms with Crippen molar-refractivity contribution in [1.82, 2.24) is 10.0 Å². The summed E-state index contributed by atoms with van der Waals surface area (Å²) < 4.78 is 26.2. The molecule has 25 heavy (non-hydrogen) atoms. The molecule has 1 atom stereocenters. The second kappa shape index (κ2) is 8.17. The molecule has 0 saturated carbocycles. The van der Waals surface area contributed by atoms with Crippen LogP contribution in [0.4, 0.5) is 0 Å². The summed E-state index contributed by atoms with van der Waals surface area (Å²) >= 11 is 5.95. The van der Waals surface area contributed by atoms with Crippen molar-refractivity contribution < 1.29 is 13.2 Å². The van der Waals surface area contributed by atoms with Gasteiger partial charge in [0, 0.05) is 10.6 Å². The number of benzene rings is 2. The molecule has 130 valence electrons. The molecule has 0 aromatic heterocycles. The summed E-state index contributed by atoms with van der Waals surface area (Å²) in [6.07, 6.45) is 5.04. The number of hydrogen-bond acceptors (Lipinski definition) is 3. The molecule has 2 aromatic rings. The summed E-state index contributed by atoms with van der Waals surface area (Å²) in [5.74, 6) is 1.89. The van der Waals surface area contributed by atoms with Crippen molar-refractivity contribution in [3.8, 4) is 12.3 Å². The molecule has 0 aliphatic rings. The second-order valence-electron chi connectivity index (χ2n) is 5.30. The first-order valence-electron chi connectivity index (χ1n) is 7.43. The lowest BCUT2D eigenvalue weighted by Crippen LogP contribution is -2.27. The highest BCUT2D eigenvalue weighted by Crippen LogP contribution is 2.18. The molecule has 0 saturated heterocycles. The van der Waals surface area contributed by atoms with Gasteiger partial charge in [-0.1, -0.05) is 29.7 Å². The van der Waals surface area contributed by atoms with Gasteiger partial charge in [0.2, 0.25) is 10.0 Å². The van der Waals surface area contributed by atoms with Crippen LogP contribution in [0.2, 0.25) is 5.02 Å². The number of sulfonamides is 1. The quantitative estimate of drug-likeness (QED) is 0.761. The Morgan fingerprint density at radius 2 is 1.92 bits per heavy atom. The number of rotatable bonds is 6. The van der Waals surface area contributed by atoms with Crippen LogP contribution in [0.1, 0.15) is 28.9 Å². The largest absolute Gasteiger partial charge is 0.346 e. The number of nitrogens with one attached hydrogen (secondary N) is 2. The van der Waals surface area contributed by atoms with E-state index in [1.54, 1.807) is 12.1 Å². The Hall–Kier alpha value is -2.33. The zero-order chi connectivity index (χ0) is 18.4. The smallest absolute Gasteiger partial charge is 0.251 e. The molecule has 0 aliphatic heterocycles. The maximum Gasteiger partial charge on any atom is 0.251 e. The van der Waals surface area contributed by atoms with Gasteiger partial charge in [0.25, 0.3) is 5.91 Å². The van der Waals surface area contributed by atoms with Crippen molar-refractivity contribution in [3.05, 3.63) is 64.7 Å². The van der Waals surface area contributed by atoms with E-state index in [0.717, 1.165) is 5.56 Å². The predicted octanol–water partition coefficient (Wildman–Crippen LogP) is 2.74. The van der Waals surface area contributed by atoms with Gasteiger partial charge in [-0.05, 0) is 48.9 Å². The third-order valence-electron chi connectivity index (χ3n) is 3.49. The predicted molar refractivity (Wildman–Crippen MR) is 97.8 cm³/mol. The van der Waals surface area contributed by atoms with Crippen LogP contribution in [0.25, 0.3) is 0 Å². The van der Waals surface area contributed by atoms with E-state index in [2.05, 4.69) is 16.0 Å². The van der Waals surface area contributed by atoms with Crippen LogP contribution in [0.3, 0.4) is 0 Å². The molecule has 0 bridgehead atoms. The minimum absolute atomic E-state index is 0.0437. The van der Waals surface area contributed by atoms with Crippen LogP contribution in [-0.2, 0) is 10.0 Å². The maximum atomic E-state index is 12.3. The van der Waals surface area contributed by atoms with Crippen LogP contribution in [0.5, 0.6) is 0 Å². The minimum atomic E-state index is -3.67. The van der Waals surface area contributed by atoms with Crippen LogP contribution in [0.15, 0.2) is 53.4 Å². The third-order valence-corrected chi connectivity index (χ3v) is 5.14. The molecule has 0 fully saturated rings. The van der Waals surface area contributed by atoms with E-state index in [1.807, 2.05) is 19.1 Å². The highest BCUT2D eigenvalue weighted by Gasteiger charge is 2.15. The molecule has 0 spiro atoms. The summed E-state index contributed by atoms with van der Waals surface area (Å²) in [5.41, 5.74) is 1.23. The first-order valence-corrected chi connectivity index (χ1v) is 9.29. The Kier molecular flexibility index (Phi) is 6.21. The van der Waals surface area contributed by atoms with Gasteiger partial charge >= 0.3 is 0 Å². The topological polar surface area (TPSA) is 75.3 Å². The van der Waals surface area contributed by atoms with Crippen LogP contribution in [-0.4, -0.2) is 20.9 Å². The van der Waals surface area contributed by atoms with Gasteiger partial charge in [-0.3, -0.25) is 4.79 Å². The van der Waals surface area contributed by atoms with Crippen molar-refractivity contribution in [2.75, 3.05) is 6.54 Å². The minimum Gasteiger partial charge on any atom is -0.346 e. The second-order valence-corrected chi connectivity index (χ2v) is 7.51. The summed E-state index contributed by atoms with van der Waals surface area (Å²) in [5, 5.41) is 3.43. The van der Waals surface area contributed by atoms with E-state index < -0.39 is 10.0 Å². The van der Waals surface area contributed by atoms with Gasteiger partial charge < -0.3 is 5.32 Å². The van der Waals surface area contributed by atoms with Gasteiger partial charge in [-0.25, -0.2) is 8.42 Å². The Morgan fingerprint density at radius 3 is 2.52 bits per heavy atom. The summed E-state index contributed by atoms with van der Waals surface area (Å²) in [6.45, 7) is 1.74.